The zero-order valence-electron chi connectivity index (χ0n) is 22.4. The van der Waals surface area contributed by atoms with Crippen LogP contribution in [0.15, 0.2) is 36.2 Å². The second-order valence-corrected chi connectivity index (χ2v) is 10.7. The van der Waals surface area contributed by atoms with E-state index in [0.717, 1.165) is 30.6 Å². The van der Waals surface area contributed by atoms with Crippen molar-refractivity contribution in [3.8, 4) is 11.5 Å². The molecule has 2 aliphatic heterocycles. The molecule has 1 aromatic carbocycles. The van der Waals surface area contributed by atoms with Crippen LogP contribution in [0.25, 0.3) is 17.1 Å². The van der Waals surface area contributed by atoms with Gasteiger partial charge in [0.25, 0.3) is 0 Å². The summed E-state index contributed by atoms with van der Waals surface area (Å²) in [7, 11) is 1.62. The highest BCUT2D eigenvalue weighted by molar-refractivity contribution is 6.15. The minimum atomic E-state index is -0.515. The van der Waals surface area contributed by atoms with E-state index >= 15 is 0 Å². The largest absolute Gasteiger partial charge is 0.496 e. The Bertz CT molecular complexity index is 1400. The van der Waals surface area contributed by atoms with Gasteiger partial charge < -0.3 is 19.1 Å². The first kappa shape index (κ1) is 25.7. The molecule has 1 amide bonds. The lowest BCUT2D eigenvalue weighted by Crippen LogP contribution is -2.50. The predicted octanol–water partition coefficient (Wildman–Crippen LogP) is 4.24. The molecule has 1 N–H and O–H groups in total. The molecule has 2 aliphatic rings. The number of carbonyl (C=O) groups excluding carboxylic acids is 2. The van der Waals surface area contributed by atoms with E-state index in [4.69, 9.17) is 14.2 Å². The molecule has 0 radical (unpaired) electrons. The van der Waals surface area contributed by atoms with Crippen molar-refractivity contribution in [2.45, 2.75) is 39.2 Å². The number of piperazine rings is 1. The van der Waals surface area contributed by atoms with Crippen molar-refractivity contribution in [2.75, 3.05) is 39.8 Å². The molecular weight excluding hydrogens is 486 g/mol. The number of nitrogens with one attached hydrogen (secondary N) is 1. The number of amides is 1. The number of fused-ring (bicyclic) bond motifs is 2. The molecule has 1 saturated heterocycles. The molecule has 3 aromatic rings. The first-order valence-electron chi connectivity index (χ1n) is 12.8. The van der Waals surface area contributed by atoms with Crippen LogP contribution in [0, 0.1) is 0 Å². The summed E-state index contributed by atoms with van der Waals surface area (Å²) in [6.07, 6.45) is 3.06. The standard InChI is InChI=1S/C28H33N5O5/c1-17(16-32-11-13-33(14-12-32)27(35)38-28(2,3)4)23-21(36-5)9-8-19-24(34)22(37-25(19)23)15-20-18-7-6-10-29-26(18)31-30-20/h6-10,15,17H,11-14,16H2,1-5H3,(H,29,30,31)/b22-15-. The number of rotatable bonds is 5. The Hall–Kier alpha value is -3.92. The van der Waals surface area contributed by atoms with Crippen LogP contribution < -0.4 is 9.47 Å². The van der Waals surface area contributed by atoms with E-state index in [9.17, 15) is 9.59 Å². The first-order valence-corrected chi connectivity index (χ1v) is 12.8. The minimum absolute atomic E-state index is 0.00976. The average molecular weight is 520 g/mol. The number of ketones is 1. The second kappa shape index (κ2) is 10.1. The van der Waals surface area contributed by atoms with Crippen LogP contribution in [-0.4, -0.2) is 82.3 Å². The third kappa shape index (κ3) is 5.08. The number of methoxy groups -OCH3 is 1. The number of ether oxygens (including phenoxy) is 3. The fourth-order valence-electron chi connectivity index (χ4n) is 4.93. The van der Waals surface area contributed by atoms with Gasteiger partial charge in [0.05, 0.1) is 18.4 Å². The molecule has 1 fully saturated rings. The van der Waals surface area contributed by atoms with Gasteiger partial charge in [-0.3, -0.25) is 14.8 Å². The molecule has 4 heterocycles. The van der Waals surface area contributed by atoms with E-state index in [0.29, 0.717) is 41.5 Å². The highest BCUT2D eigenvalue weighted by Gasteiger charge is 2.34. The number of nitrogens with zero attached hydrogens (tertiary/aromatic N) is 4. The van der Waals surface area contributed by atoms with Crippen LogP contribution in [0.3, 0.4) is 0 Å². The smallest absolute Gasteiger partial charge is 0.410 e. The molecule has 5 rings (SSSR count). The zero-order chi connectivity index (χ0) is 27.0. The molecule has 0 saturated carbocycles. The molecule has 10 heteroatoms. The molecule has 0 bridgehead atoms. The van der Waals surface area contributed by atoms with Crippen LogP contribution in [0.4, 0.5) is 4.79 Å². The molecule has 0 aliphatic carbocycles. The summed E-state index contributed by atoms with van der Waals surface area (Å²) in [6, 6.07) is 7.29. The molecule has 38 heavy (non-hydrogen) atoms. The third-order valence-corrected chi connectivity index (χ3v) is 6.74. The van der Waals surface area contributed by atoms with Gasteiger partial charge in [0.15, 0.2) is 11.4 Å². The number of Topliss-reactive ketones (excluding diaryl/α,β-unsaturated/α-hetero) is 1. The normalized spacial score (nSPS) is 18.0. The Balaban J connectivity index is 1.33. The lowest BCUT2D eigenvalue weighted by Gasteiger charge is -2.36. The second-order valence-electron chi connectivity index (χ2n) is 10.7. The van der Waals surface area contributed by atoms with Crippen molar-refractivity contribution in [3.05, 3.63) is 53.0 Å². The first-order chi connectivity index (χ1) is 18.1. The third-order valence-electron chi connectivity index (χ3n) is 6.74. The topological polar surface area (TPSA) is 110 Å². The summed E-state index contributed by atoms with van der Waals surface area (Å²) >= 11 is 0. The number of pyridine rings is 1. The van der Waals surface area contributed by atoms with Crippen molar-refractivity contribution < 1.29 is 23.8 Å². The van der Waals surface area contributed by atoms with Gasteiger partial charge in [0.1, 0.15) is 17.1 Å². The van der Waals surface area contributed by atoms with Crippen molar-refractivity contribution in [2.24, 2.45) is 0 Å². The SMILES string of the molecule is COc1ccc2c(c1C(C)CN1CCN(C(=O)OC(C)(C)C)CC1)O/C(=C\c1n[nH]c3ncccc13)C2=O. The molecule has 2 aromatic heterocycles. The Kier molecular flexibility index (Phi) is 6.83. The average Bonchev–Trinajstić information content (AvgIpc) is 3.43. The van der Waals surface area contributed by atoms with Gasteiger partial charge in [-0.05, 0) is 45.0 Å². The molecule has 200 valence electrons. The fourth-order valence-corrected chi connectivity index (χ4v) is 4.93. The highest BCUT2D eigenvalue weighted by Crippen LogP contribution is 2.44. The fraction of sp³-hybridized carbons (Fsp3) is 0.429. The van der Waals surface area contributed by atoms with Gasteiger partial charge >= 0.3 is 6.09 Å². The van der Waals surface area contributed by atoms with E-state index < -0.39 is 5.60 Å². The van der Waals surface area contributed by atoms with E-state index in [-0.39, 0.29) is 23.6 Å². The Labute approximate surface area is 221 Å². The molecule has 0 spiro atoms. The van der Waals surface area contributed by atoms with Crippen LogP contribution in [0.2, 0.25) is 0 Å². The number of H-pyrrole nitrogens is 1. The summed E-state index contributed by atoms with van der Waals surface area (Å²) in [5.74, 6) is 1.23. The molecular formula is C28H33N5O5. The summed E-state index contributed by atoms with van der Waals surface area (Å²) in [5.41, 5.74) is 2.08. The number of carbonyl (C=O) groups is 2. The van der Waals surface area contributed by atoms with E-state index in [1.165, 1.54) is 0 Å². The maximum absolute atomic E-state index is 13.3. The van der Waals surface area contributed by atoms with E-state index in [2.05, 4.69) is 27.0 Å². The van der Waals surface area contributed by atoms with Crippen LogP contribution >= 0.6 is 0 Å². The summed E-state index contributed by atoms with van der Waals surface area (Å²) in [6.45, 7) is 11.1. The predicted molar refractivity (Wildman–Crippen MR) is 142 cm³/mol. The van der Waals surface area contributed by atoms with Gasteiger partial charge in [-0.1, -0.05) is 6.92 Å². The van der Waals surface area contributed by atoms with E-state index in [1.807, 2.05) is 39.0 Å². The monoisotopic (exact) mass is 519 g/mol. The maximum atomic E-state index is 13.3. The van der Waals surface area contributed by atoms with Gasteiger partial charge in [0.2, 0.25) is 5.78 Å². The summed E-state index contributed by atoms with van der Waals surface area (Å²) in [4.78, 5) is 34.0. The van der Waals surface area contributed by atoms with Crippen molar-refractivity contribution in [1.29, 1.82) is 0 Å². The van der Waals surface area contributed by atoms with Gasteiger partial charge in [-0.25, -0.2) is 9.78 Å². The highest BCUT2D eigenvalue weighted by atomic mass is 16.6. The van der Waals surface area contributed by atoms with Crippen molar-refractivity contribution in [3.63, 3.8) is 0 Å². The molecule has 1 atom stereocenters. The number of aromatic nitrogens is 3. The maximum Gasteiger partial charge on any atom is 0.410 e. The Morgan fingerprint density at radius 3 is 2.68 bits per heavy atom. The molecule has 10 nitrogen and oxygen atoms in total. The Morgan fingerprint density at radius 2 is 1.97 bits per heavy atom. The summed E-state index contributed by atoms with van der Waals surface area (Å²) < 4.78 is 17.4. The van der Waals surface area contributed by atoms with Crippen molar-refractivity contribution in [1.82, 2.24) is 25.0 Å². The molecule has 1 unspecified atom stereocenters. The number of allylic oxidation sites excluding steroid dienone is 1. The minimum Gasteiger partial charge on any atom is -0.496 e. The van der Waals surface area contributed by atoms with Crippen LogP contribution in [0.1, 0.15) is 55.2 Å². The quantitative estimate of drug-likeness (QED) is 0.499. The number of benzene rings is 1. The van der Waals surface area contributed by atoms with Gasteiger partial charge in [-0.15, -0.1) is 0 Å². The van der Waals surface area contributed by atoms with Crippen molar-refractivity contribution >= 4 is 29.0 Å². The number of aromatic amines is 1. The number of hydrogen-bond donors (Lipinski definition) is 1. The number of hydrogen-bond acceptors (Lipinski definition) is 8. The lowest BCUT2D eigenvalue weighted by molar-refractivity contribution is 0.0142. The lowest BCUT2D eigenvalue weighted by atomic mass is 9.95. The summed E-state index contributed by atoms with van der Waals surface area (Å²) in [5, 5.41) is 7.99. The van der Waals surface area contributed by atoms with Crippen LogP contribution in [0.5, 0.6) is 11.5 Å². The van der Waals surface area contributed by atoms with Crippen LogP contribution in [-0.2, 0) is 4.74 Å². The zero-order valence-corrected chi connectivity index (χ0v) is 22.4. The van der Waals surface area contributed by atoms with Gasteiger partial charge in [0, 0.05) is 61.9 Å². The van der Waals surface area contributed by atoms with E-state index in [1.54, 1.807) is 30.3 Å². The Morgan fingerprint density at radius 1 is 1.21 bits per heavy atom. The van der Waals surface area contributed by atoms with Gasteiger partial charge in [-0.2, -0.15) is 5.10 Å².